The molecule has 0 atom stereocenters. The van der Waals surface area contributed by atoms with Crippen LogP contribution >= 0.6 is 15.9 Å². The Bertz CT molecular complexity index is 680. The van der Waals surface area contributed by atoms with Gasteiger partial charge in [-0.05, 0) is 41.9 Å². The van der Waals surface area contributed by atoms with Gasteiger partial charge in [-0.2, -0.15) is 4.98 Å². The fraction of sp³-hybridized carbons (Fsp3) is 0.333. The largest absolute Gasteiger partial charge is 0.342 e. The summed E-state index contributed by atoms with van der Waals surface area (Å²) in [6, 6.07) is 3.60. The van der Waals surface area contributed by atoms with E-state index in [9.17, 15) is 9.59 Å². The minimum atomic E-state index is -1.04. The average Bonchev–Trinajstić information content (AvgIpc) is 2.68. The Balaban J connectivity index is 2.19. The zero-order chi connectivity index (χ0) is 14.9. The number of pyridine rings is 1. The summed E-state index contributed by atoms with van der Waals surface area (Å²) in [4.78, 5) is 27.3. The molecular formula is C12H14BrN5O2. The Morgan fingerprint density at radius 1 is 1.35 bits per heavy atom. The SMILES string of the molecule is CC(=O)NC(C)(C)C(=O)Nc1nc2ccc(Br)cn2n1. The van der Waals surface area contributed by atoms with E-state index < -0.39 is 5.54 Å². The second-order valence-corrected chi connectivity index (χ2v) is 5.76. The Labute approximate surface area is 123 Å². The van der Waals surface area contributed by atoms with Gasteiger partial charge in [0, 0.05) is 17.6 Å². The number of rotatable bonds is 3. The summed E-state index contributed by atoms with van der Waals surface area (Å²) in [7, 11) is 0. The Kier molecular flexibility index (Phi) is 3.76. The number of aromatic nitrogens is 3. The zero-order valence-electron chi connectivity index (χ0n) is 11.3. The smallest absolute Gasteiger partial charge is 0.251 e. The number of nitrogens with zero attached hydrogens (tertiary/aromatic N) is 3. The minimum absolute atomic E-state index is 0.187. The van der Waals surface area contributed by atoms with Crippen LogP contribution in [0.25, 0.3) is 5.65 Å². The molecule has 2 heterocycles. The van der Waals surface area contributed by atoms with Crippen molar-refractivity contribution in [2.24, 2.45) is 0 Å². The van der Waals surface area contributed by atoms with Crippen molar-refractivity contribution < 1.29 is 9.59 Å². The standard InChI is InChI=1S/C12H14BrN5O2/c1-7(19)16-12(2,3)10(20)15-11-14-9-5-4-8(13)6-18(9)17-11/h4-6H,1-3H3,(H,16,19)(H,15,17,20). The second kappa shape index (κ2) is 5.20. The maximum atomic E-state index is 12.1. The van der Waals surface area contributed by atoms with E-state index >= 15 is 0 Å². The van der Waals surface area contributed by atoms with Crippen LogP contribution in [0.5, 0.6) is 0 Å². The summed E-state index contributed by atoms with van der Waals surface area (Å²) in [6.07, 6.45) is 1.73. The molecule has 2 aromatic heterocycles. The number of halogens is 1. The van der Waals surface area contributed by atoms with Crippen LogP contribution in [-0.4, -0.2) is 32.0 Å². The van der Waals surface area contributed by atoms with Crippen molar-refractivity contribution in [1.82, 2.24) is 19.9 Å². The van der Waals surface area contributed by atoms with Crippen LogP contribution in [0, 0.1) is 0 Å². The van der Waals surface area contributed by atoms with Crippen molar-refractivity contribution in [2.75, 3.05) is 5.32 Å². The lowest BCUT2D eigenvalue weighted by atomic mass is 10.0. The van der Waals surface area contributed by atoms with Gasteiger partial charge in [0.15, 0.2) is 5.65 Å². The molecule has 20 heavy (non-hydrogen) atoms. The number of carbonyl (C=O) groups is 2. The average molecular weight is 340 g/mol. The quantitative estimate of drug-likeness (QED) is 0.883. The molecule has 7 nitrogen and oxygen atoms in total. The Hall–Kier alpha value is -1.96. The van der Waals surface area contributed by atoms with Gasteiger partial charge in [-0.15, -0.1) is 5.10 Å². The summed E-state index contributed by atoms with van der Waals surface area (Å²) in [5, 5.41) is 9.28. The fourth-order valence-electron chi connectivity index (χ4n) is 1.67. The third kappa shape index (κ3) is 3.13. The summed E-state index contributed by atoms with van der Waals surface area (Å²) >= 11 is 3.33. The van der Waals surface area contributed by atoms with Gasteiger partial charge < -0.3 is 5.32 Å². The maximum Gasteiger partial charge on any atom is 0.251 e. The van der Waals surface area contributed by atoms with E-state index in [4.69, 9.17) is 0 Å². The van der Waals surface area contributed by atoms with Gasteiger partial charge in [0.1, 0.15) is 5.54 Å². The molecule has 2 amide bonds. The highest BCUT2D eigenvalue weighted by Gasteiger charge is 2.29. The fourth-order valence-corrected chi connectivity index (χ4v) is 1.99. The van der Waals surface area contributed by atoms with E-state index in [1.54, 1.807) is 30.6 Å². The molecular weight excluding hydrogens is 326 g/mol. The van der Waals surface area contributed by atoms with Gasteiger partial charge in [-0.1, -0.05) is 0 Å². The summed E-state index contributed by atoms with van der Waals surface area (Å²) < 4.78 is 2.40. The van der Waals surface area contributed by atoms with Crippen LogP contribution in [-0.2, 0) is 9.59 Å². The molecule has 0 aliphatic carbocycles. The van der Waals surface area contributed by atoms with Gasteiger partial charge in [0.2, 0.25) is 11.9 Å². The van der Waals surface area contributed by atoms with Crippen molar-refractivity contribution in [3.8, 4) is 0 Å². The number of nitrogens with one attached hydrogen (secondary N) is 2. The van der Waals surface area contributed by atoms with Gasteiger partial charge in [0.05, 0.1) is 0 Å². The first-order valence-electron chi connectivity index (χ1n) is 5.90. The molecule has 0 saturated heterocycles. The molecule has 0 fully saturated rings. The highest BCUT2D eigenvalue weighted by Crippen LogP contribution is 2.13. The maximum absolute atomic E-state index is 12.1. The summed E-state index contributed by atoms with van der Waals surface area (Å²) in [5.74, 6) is -0.480. The van der Waals surface area contributed by atoms with Crippen LogP contribution in [0.4, 0.5) is 5.95 Å². The number of hydrogen-bond acceptors (Lipinski definition) is 4. The molecule has 2 rings (SSSR count). The minimum Gasteiger partial charge on any atom is -0.342 e. The van der Waals surface area contributed by atoms with Crippen molar-refractivity contribution in [3.05, 3.63) is 22.8 Å². The molecule has 0 bridgehead atoms. The molecule has 8 heteroatoms. The lowest BCUT2D eigenvalue weighted by Crippen LogP contribution is -2.51. The summed E-state index contributed by atoms with van der Waals surface area (Å²) in [5.41, 5.74) is -0.426. The van der Waals surface area contributed by atoms with E-state index in [0.29, 0.717) is 5.65 Å². The Morgan fingerprint density at radius 3 is 2.70 bits per heavy atom. The molecule has 2 N–H and O–H groups in total. The highest BCUT2D eigenvalue weighted by atomic mass is 79.9. The molecule has 0 saturated carbocycles. The molecule has 106 valence electrons. The third-order valence-electron chi connectivity index (χ3n) is 2.58. The third-order valence-corrected chi connectivity index (χ3v) is 3.05. The molecule has 0 aliphatic heterocycles. The first-order chi connectivity index (χ1) is 9.28. The first-order valence-corrected chi connectivity index (χ1v) is 6.69. The predicted molar refractivity (Wildman–Crippen MR) is 77.2 cm³/mol. The van der Waals surface area contributed by atoms with E-state index in [1.165, 1.54) is 6.92 Å². The van der Waals surface area contributed by atoms with Crippen LogP contribution < -0.4 is 10.6 Å². The predicted octanol–water partition coefficient (Wildman–Crippen LogP) is 1.34. The summed E-state index contributed by atoms with van der Waals surface area (Å²) in [6.45, 7) is 4.57. The second-order valence-electron chi connectivity index (χ2n) is 4.85. The van der Waals surface area contributed by atoms with Gasteiger partial charge in [-0.3, -0.25) is 14.9 Å². The van der Waals surface area contributed by atoms with Gasteiger partial charge >= 0.3 is 0 Å². The van der Waals surface area contributed by atoms with Crippen molar-refractivity contribution >= 4 is 39.3 Å². The lowest BCUT2D eigenvalue weighted by molar-refractivity contribution is -0.128. The van der Waals surface area contributed by atoms with Crippen molar-refractivity contribution in [1.29, 1.82) is 0 Å². The molecule has 0 aliphatic rings. The number of anilines is 1. The monoisotopic (exact) mass is 339 g/mol. The van der Waals surface area contributed by atoms with E-state index in [1.807, 2.05) is 6.07 Å². The van der Waals surface area contributed by atoms with Gasteiger partial charge in [-0.25, -0.2) is 4.52 Å². The molecule has 2 aromatic rings. The lowest BCUT2D eigenvalue weighted by Gasteiger charge is -2.23. The number of carbonyl (C=O) groups excluding carboxylic acids is 2. The Morgan fingerprint density at radius 2 is 2.05 bits per heavy atom. The van der Waals surface area contributed by atoms with Crippen molar-refractivity contribution in [3.63, 3.8) is 0 Å². The van der Waals surface area contributed by atoms with E-state index in [0.717, 1.165) is 4.47 Å². The zero-order valence-corrected chi connectivity index (χ0v) is 12.9. The normalized spacial score (nSPS) is 11.4. The molecule has 0 radical (unpaired) electrons. The molecule has 0 aromatic carbocycles. The van der Waals surface area contributed by atoms with Crippen molar-refractivity contribution in [2.45, 2.75) is 26.3 Å². The van der Waals surface area contributed by atoms with Crippen LogP contribution in [0.1, 0.15) is 20.8 Å². The number of fused-ring (bicyclic) bond motifs is 1. The molecule has 0 spiro atoms. The van der Waals surface area contributed by atoms with Crippen LogP contribution in [0.3, 0.4) is 0 Å². The number of amides is 2. The van der Waals surface area contributed by atoms with E-state index in [-0.39, 0.29) is 17.8 Å². The van der Waals surface area contributed by atoms with Gasteiger partial charge in [0.25, 0.3) is 5.91 Å². The van der Waals surface area contributed by atoms with Crippen LogP contribution in [0.2, 0.25) is 0 Å². The number of hydrogen-bond donors (Lipinski definition) is 2. The van der Waals surface area contributed by atoms with E-state index in [2.05, 4.69) is 36.6 Å². The first kappa shape index (κ1) is 14.4. The highest BCUT2D eigenvalue weighted by molar-refractivity contribution is 9.10. The van der Waals surface area contributed by atoms with Crippen LogP contribution in [0.15, 0.2) is 22.8 Å². The topological polar surface area (TPSA) is 88.4 Å². The molecule has 0 unspecified atom stereocenters.